The molecule has 0 aromatic heterocycles. The van der Waals surface area contributed by atoms with E-state index in [0.29, 0.717) is 26.0 Å². The molecule has 0 saturated heterocycles. The first-order chi connectivity index (χ1) is 17.9. The van der Waals surface area contributed by atoms with E-state index in [9.17, 15) is 9.59 Å². The number of hydrogen-bond donors (Lipinski definition) is 1. The van der Waals surface area contributed by atoms with Crippen molar-refractivity contribution in [3.05, 3.63) is 94.5 Å². The zero-order chi connectivity index (χ0) is 26.6. The molecule has 0 aliphatic heterocycles. The molecule has 0 aliphatic rings. The molecule has 0 bridgehead atoms. The fourth-order valence-electron chi connectivity index (χ4n) is 3.95. The predicted octanol–water partition coefficient (Wildman–Crippen LogP) is 5.78. The number of methoxy groups -OCH3 is 1. The molecule has 3 aromatic rings. The molecule has 1 N–H and O–H groups in total. The minimum atomic E-state index is -0.636. The first-order valence-corrected chi connectivity index (χ1v) is 13.3. The Labute approximate surface area is 228 Å². The van der Waals surface area contributed by atoms with E-state index in [1.165, 1.54) is 0 Å². The topological polar surface area (TPSA) is 67.9 Å². The van der Waals surface area contributed by atoms with Crippen molar-refractivity contribution >= 4 is 27.7 Å². The van der Waals surface area contributed by atoms with Gasteiger partial charge in [0.15, 0.2) is 0 Å². The summed E-state index contributed by atoms with van der Waals surface area (Å²) < 4.78 is 11.9. The van der Waals surface area contributed by atoms with E-state index in [4.69, 9.17) is 9.47 Å². The third-order valence-electron chi connectivity index (χ3n) is 5.83. The molecule has 3 aromatic carbocycles. The Morgan fingerprint density at radius 2 is 1.54 bits per heavy atom. The average Bonchev–Trinajstić information content (AvgIpc) is 2.90. The van der Waals surface area contributed by atoms with E-state index in [2.05, 4.69) is 21.2 Å². The first kappa shape index (κ1) is 28.3. The van der Waals surface area contributed by atoms with Crippen LogP contribution in [0.5, 0.6) is 11.5 Å². The van der Waals surface area contributed by atoms with Crippen LogP contribution in [0.1, 0.15) is 37.8 Å². The number of hydrogen-bond acceptors (Lipinski definition) is 4. The number of amides is 2. The van der Waals surface area contributed by atoms with Gasteiger partial charge in [-0.25, -0.2) is 0 Å². The summed E-state index contributed by atoms with van der Waals surface area (Å²) in [4.78, 5) is 28.7. The quantitative estimate of drug-likeness (QED) is 0.266. The fourth-order valence-corrected chi connectivity index (χ4v) is 4.21. The second-order valence-corrected chi connectivity index (χ2v) is 10.1. The Hall–Kier alpha value is -3.32. The summed E-state index contributed by atoms with van der Waals surface area (Å²) in [7, 11) is 1.62. The number of nitrogens with one attached hydrogen (secondary N) is 1. The third-order valence-corrected chi connectivity index (χ3v) is 6.36. The highest BCUT2D eigenvalue weighted by Crippen LogP contribution is 2.20. The van der Waals surface area contributed by atoms with Gasteiger partial charge in [-0.15, -0.1) is 0 Å². The number of rotatable bonds is 13. The second kappa shape index (κ2) is 14.4. The van der Waals surface area contributed by atoms with Crippen LogP contribution < -0.4 is 14.8 Å². The molecule has 1 atom stereocenters. The van der Waals surface area contributed by atoms with Gasteiger partial charge < -0.3 is 19.7 Å². The van der Waals surface area contributed by atoms with E-state index in [0.717, 1.165) is 27.1 Å². The lowest BCUT2D eigenvalue weighted by molar-refractivity contribution is -0.141. The molecule has 0 spiro atoms. The van der Waals surface area contributed by atoms with Crippen molar-refractivity contribution in [2.45, 2.75) is 51.7 Å². The molecule has 0 unspecified atom stereocenters. The van der Waals surface area contributed by atoms with Crippen LogP contribution in [0.2, 0.25) is 0 Å². The molecule has 3 rings (SSSR count). The lowest BCUT2D eigenvalue weighted by atomic mass is 10.0. The molecule has 6 nitrogen and oxygen atoms in total. The average molecular weight is 568 g/mol. The van der Waals surface area contributed by atoms with Crippen molar-refractivity contribution in [2.75, 3.05) is 13.7 Å². The van der Waals surface area contributed by atoms with Crippen molar-refractivity contribution < 1.29 is 19.1 Å². The van der Waals surface area contributed by atoms with Crippen molar-refractivity contribution in [2.24, 2.45) is 0 Å². The number of carbonyl (C=O) groups is 2. The lowest BCUT2D eigenvalue weighted by Gasteiger charge is -2.32. The largest absolute Gasteiger partial charge is 0.497 e. The normalized spacial score (nSPS) is 11.6. The molecule has 37 heavy (non-hydrogen) atoms. The van der Waals surface area contributed by atoms with Gasteiger partial charge in [-0.2, -0.15) is 0 Å². The van der Waals surface area contributed by atoms with E-state index in [-0.39, 0.29) is 24.3 Å². The second-order valence-electron chi connectivity index (χ2n) is 9.14. The van der Waals surface area contributed by atoms with Crippen LogP contribution in [0.25, 0.3) is 0 Å². The Kier molecular flexibility index (Phi) is 11.0. The third kappa shape index (κ3) is 9.25. The Morgan fingerprint density at radius 3 is 2.16 bits per heavy atom. The Balaban J connectivity index is 1.75. The highest BCUT2D eigenvalue weighted by molar-refractivity contribution is 9.10. The SMILES string of the molecule is COc1ccc(OCCCC(=O)N(Cc2ccc(Br)cc2)[C@@H](Cc2ccccc2)C(=O)NC(C)C)cc1. The van der Waals surface area contributed by atoms with Gasteiger partial charge in [0.05, 0.1) is 13.7 Å². The molecular weight excluding hydrogens is 532 g/mol. The molecule has 7 heteroatoms. The molecule has 2 amide bonds. The number of nitrogens with zero attached hydrogens (tertiary/aromatic N) is 1. The van der Waals surface area contributed by atoms with Crippen LogP contribution in [-0.4, -0.2) is 42.5 Å². The summed E-state index contributed by atoms with van der Waals surface area (Å²) in [6, 6.07) is 24.3. The summed E-state index contributed by atoms with van der Waals surface area (Å²) >= 11 is 3.47. The minimum absolute atomic E-state index is 0.0340. The van der Waals surface area contributed by atoms with Gasteiger partial charge >= 0.3 is 0 Å². The number of benzene rings is 3. The fraction of sp³-hybridized carbons (Fsp3) is 0.333. The Morgan fingerprint density at radius 1 is 0.892 bits per heavy atom. The van der Waals surface area contributed by atoms with Gasteiger partial charge in [0.1, 0.15) is 17.5 Å². The van der Waals surface area contributed by atoms with Crippen molar-refractivity contribution in [3.8, 4) is 11.5 Å². The van der Waals surface area contributed by atoms with Crippen molar-refractivity contribution in [1.29, 1.82) is 0 Å². The maximum atomic E-state index is 13.6. The molecule has 0 heterocycles. The van der Waals surface area contributed by atoms with Crippen LogP contribution >= 0.6 is 15.9 Å². The first-order valence-electron chi connectivity index (χ1n) is 12.5. The predicted molar refractivity (Wildman–Crippen MR) is 150 cm³/mol. The van der Waals surface area contributed by atoms with Crippen LogP contribution in [0.3, 0.4) is 0 Å². The van der Waals surface area contributed by atoms with Crippen LogP contribution in [0.4, 0.5) is 0 Å². The van der Waals surface area contributed by atoms with Crippen molar-refractivity contribution in [1.82, 2.24) is 10.2 Å². The zero-order valence-electron chi connectivity index (χ0n) is 21.7. The van der Waals surface area contributed by atoms with E-state index < -0.39 is 6.04 Å². The zero-order valence-corrected chi connectivity index (χ0v) is 23.2. The summed E-state index contributed by atoms with van der Waals surface area (Å²) in [5, 5.41) is 3.02. The van der Waals surface area contributed by atoms with Crippen LogP contribution in [0.15, 0.2) is 83.3 Å². The molecule has 0 fully saturated rings. The monoisotopic (exact) mass is 566 g/mol. The Bertz CT molecular complexity index is 1120. The molecule has 0 saturated carbocycles. The minimum Gasteiger partial charge on any atom is -0.497 e. The van der Waals surface area contributed by atoms with Gasteiger partial charge in [0, 0.05) is 29.9 Å². The summed E-state index contributed by atoms with van der Waals surface area (Å²) in [6.45, 7) is 4.59. The van der Waals surface area contributed by atoms with E-state index in [1.807, 2.05) is 92.7 Å². The lowest BCUT2D eigenvalue weighted by Crippen LogP contribution is -2.51. The molecule has 196 valence electrons. The highest BCUT2D eigenvalue weighted by atomic mass is 79.9. The number of halogens is 1. The maximum Gasteiger partial charge on any atom is 0.243 e. The molecule has 0 radical (unpaired) electrons. The van der Waals surface area contributed by atoms with Gasteiger partial charge in [0.2, 0.25) is 11.8 Å². The van der Waals surface area contributed by atoms with Gasteiger partial charge in [0.25, 0.3) is 0 Å². The number of ether oxygens (including phenoxy) is 2. The van der Waals surface area contributed by atoms with Gasteiger partial charge in [-0.1, -0.05) is 58.4 Å². The van der Waals surface area contributed by atoms with Crippen LogP contribution in [-0.2, 0) is 22.6 Å². The van der Waals surface area contributed by atoms with E-state index in [1.54, 1.807) is 12.0 Å². The summed E-state index contributed by atoms with van der Waals surface area (Å²) in [6.07, 6.45) is 1.24. The summed E-state index contributed by atoms with van der Waals surface area (Å²) in [5.74, 6) is 1.24. The highest BCUT2D eigenvalue weighted by Gasteiger charge is 2.30. The molecular formula is C30H35BrN2O4. The van der Waals surface area contributed by atoms with Gasteiger partial charge in [-0.05, 0) is 67.8 Å². The van der Waals surface area contributed by atoms with Gasteiger partial charge in [-0.3, -0.25) is 9.59 Å². The number of carbonyl (C=O) groups excluding carboxylic acids is 2. The van der Waals surface area contributed by atoms with Crippen LogP contribution in [0, 0.1) is 0 Å². The maximum absolute atomic E-state index is 13.6. The smallest absolute Gasteiger partial charge is 0.243 e. The van der Waals surface area contributed by atoms with Crippen molar-refractivity contribution in [3.63, 3.8) is 0 Å². The standard InChI is InChI=1S/C30H35BrN2O4/c1-22(2)32-30(35)28(20-23-8-5-4-6-9-23)33(21-24-11-13-25(31)14-12-24)29(34)10-7-19-37-27-17-15-26(36-3)16-18-27/h4-6,8-9,11-18,22,28H,7,10,19-21H2,1-3H3,(H,32,35)/t28-/m0/s1. The summed E-state index contributed by atoms with van der Waals surface area (Å²) in [5.41, 5.74) is 1.96. The van der Waals surface area contributed by atoms with E-state index >= 15 is 0 Å². The molecule has 0 aliphatic carbocycles.